The lowest BCUT2D eigenvalue weighted by molar-refractivity contribution is -0.117. The first-order chi connectivity index (χ1) is 8.61. The van der Waals surface area contributed by atoms with Crippen molar-refractivity contribution < 1.29 is 9.53 Å². The maximum Gasteiger partial charge on any atom is 0.247 e. The number of amides is 1. The summed E-state index contributed by atoms with van der Waals surface area (Å²) in [6.07, 6.45) is 1.80. The third-order valence-electron chi connectivity index (χ3n) is 2.71. The fourth-order valence-corrected chi connectivity index (χ4v) is 2.68. The number of aryl methyl sites for hydroxylation is 1. The van der Waals surface area contributed by atoms with Crippen LogP contribution in [0.4, 0.5) is 0 Å². The lowest BCUT2D eigenvalue weighted by Gasteiger charge is -2.11. The lowest BCUT2D eigenvalue weighted by Crippen LogP contribution is -2.22. The van der Waals surface area contributed by atoms with Gasteiger partial charge in [-0.1, -0.05) is 11.8 Å². The van der Waals surface area contributed by atoms with Crippen LogP contribution in [-0.2, 0) is 10.5 Å². The van der Waals surface area contributed by atoms with Crippen LogP contribution in [0.1, 0.15) is 16.8 Å². The van der Waals surface area contributed by atoms with Gasteiger partial charge in [0.05, 0.1) is 12.8 Å². The second-order valence-corrected chi connectivity index (χ2v) is 4.97. The van der Waals surface area contributed by atoms with E-state index < -0.39 is 0 Å². The van der Waals surface area contributed by atoms with Crippen LogP contribution < -0.4 is 10.1 Å². The molecule has 5 nitrogen and oxygen atoms in total. The molecule has 0 aromatic carbocycles. The average Bonchev–Trinajstić information content (AvgIpc) is 2.75. The molecule has 1 aliphatic rings. The van der Waals surface area contributed by atoms with Crippen LogP contribution in [0.2, 0.25) is 0 Å². The van der Waals surface area contributed by atoms with E-state index in [2.05, 4.69) is 15.3 Å². The SMILES string of the molecule is COc1c(C)cnc(CSC2=NCC(=O)N2)c1C. The number of carbonyl (C=O) groups is 1. The molecule has 0 radical (unpaired) electrons. The number of rotatable bonds is 3. The zero-order valence-electron chi connectivity index (χ0n) is 10.6. The second-order valence-electron chi connectivity index (χ2n) is 4.00. The van der Waals surface area contributed by atoms with Gasteiger partial charge in [-0.15, -0.1) is 0 Å². The molecule has 0 fully saturated rings. The van der Waals surface area contributed by atoms with Crippen LogP contribution in [0.3, 0.4) is 0 Å². The van der Waals surface area contributed by atoms with Crippen LogP contribution >= 0.6 is 11.8 Å². The molecule has 1 aromatic rings. The molecule has 96 valence electrons. The van der Waals surface area contributed by atoms with E-state index in [1.807, 2.05) is 13.8 Å². The van der Waals surface area contributed by atoms with Crippen molar-refractivity contribution >= 4 is 22.8 Å². The largest absolute Gasteiger partial charge is 0.496 e. The van der Waals surface area contributed by atoms with Gasteiger partial charge < -0.3 is 10.1 Å². The Bertz CT molecular complexity index is 514. The third-order valence-corrected chi connectivity index (χ3v) is 3.63. The average molecular weight is 265 g/mol. The molecule has 18 heavy (non-hydrogen) atoms. The molecule has 1 amide bonds. The van der Waals surface area contributed by atoms with Crippen molar-refractivity contribution in [3.05, 3.63) is 23.0 Å². The zero-order chi connectivity index (χ0) is 13.1. The molecule has 2 rings (SSSR count). The van der Waals surface area contributed by atoms with Crippen LogP contribution in [0.5, 0.6) is 5.75 Å². The van der Waals surface area contributed by atoms with E-state index in [4.69, 9.17) is 4.74 Å². The summed E-state index contributed by atoms with van der Waals surface area (Å²) in [5.41, 5.74) is 3.01. The number of carbonyl (C=O) groups excluding carboxylic acids is 1. The van der Waals surface area contributed by atoms with Gasteiger partial charge in [-0.2, -0.15) is 0 Å². The summed E-state index contributed by atoms with van der Waals surface area (Å²) in [5.74, 6) is 1.49. The molecular weight excluding hydrogens is 250 g/mol. The van der Waals surface area contributed by atoms with Gasteiger partial charge in [-0.3, -0.25) is 14.8 Å². The quantitative estimate of drug-likeness (QED) is 0.898. The number of nitrogens with zero attached hydrogens (tertiary/aromatic N) is 2. The molecule has 0 spiro atoms. The van der Waals surface area contributed by atoms with Crippen molar-refractivity contribution in [3.63, 3.8) is 0 Å². The zero-order valence-corrected chi connectivity index (χ0v) is 11.4. The van der Waals surface area contributed by atoms with Crippen molar-refractivity contribution in [3.8, 4) is 5.75 Å². The number of aromatic nitrogens is 1. The normalized spacial score (nSPS) is 14.4. The number of methoxy groups -OCH3 is 1. The summed E-state index contributed by atoms with van der Waals surface area (Å²) >= 11 is 1.48. The van der Waals surface area contributed by atoms with Gasteiger partial charge in [0.2, 0.25) is 5.91 Å². The highest BCUT2D eigenvalue weighted by Gasteiger charge is 2.15. The van der Waals surface area contributed by atoms with E-state index in [-0.39, 0.29) is 12.5 Å². The maximum atomic E-state index is 11.0. The number of pyridine rings is 1. The van der Waals surface area contributed by atoms with Crippen molar-refractivity contribution in [1.29, 1.82) is 0 Å². The molecule has 0 aliphatic carbocycles. The molecule has 0 unspecified atom stereocenters. The van der Waals surface area contributed by atoms with E-state index in [9.17, 15) is 4.79 Å². The molecule has 2 heterocycles. The molecule has 6 heteroatoms. The molecular formula is C12H15N3O2S. The van der Waals surface area contributed by atoms with Crippen molar-refractivity contribution in [2.75, 3.05) is 13.7 Å². The highest BCUT2D eigenvalue weighted by atomic mass is 32.2. The number of nitrogens with one attached hydrogen (secondary N) is 1. The second kappa shape index (κ2) is 5.39. The van der Waals surface area contributed by atoms with E-state index in [0.29, 0.717) is 10.9 Å². The van der Waals surface area contributed by atoms with E-state index in [0.717, 1.165) is 22.6 Å². The Balaban J connectivity index is 2.08. The number of aliphatic imine (C=N–C) groups is 1. The number of hydrogen-bond acceptors (Lipinski definition) is 5. The van der Waals surface area contributed by atoms with E-state index >= 15 is 0 Å². The highest BCUT2D eigenvalue weighted by molar-refractivity contribution is 8.13. The molecule has 0 atom stereocenters. The summed E-state index contributed by atoms with van der Waals surface area (Å²) in [6.45, 7) is 4.19. The Morgan fingerprint density at radius 2 is 2.28 bits per heavy atom. The van der Waals surface area contributed by atoms with Crippen LogP contribution in [0.15, 0.2) is 11.2 Å². The molecule has 1 aliphatic heterocycles. The highest BCUT2D eigenvalue weighted by Crippen LogP contribution is 2.26. The summed E-state index contributed by atoms with van der Waals surface area (Å²) in [6, 6.07) is 0. The molecule has 0 bridgehead atoms. The standard InChI is InChI=1S/C12H15N3O2S/c1-7-4-13-9(8(2)11(7)17-3)6-18-12-14-5-10(16)15-12/h4H,5-6H2,1-3H3,(H,14,15,16). The smallest absolute Gasteiger partial charge is 0.247 e. The summed E-state index contributed by atoms with van der Waals surface area (Å²) < 4.78 is 5.36. The summed E-state index contributed by atoms with van der Waals surface area (Å²) in [4.78, 5) is 19.5. The lowest BCUT2D eigenvalue weighted by atomic mass is 10.1. The summed E-state index contributed by atoms with van der Waals surface area (Å²) in [7, 11) is 1.66. The van der Waals surface area contributed by atoms with Gasteiger partial charge in [0.25, 0.3) is 0 Å². The first-order valence-corrected chi connectivity index (χ1v) is 6.56. The molecule has 1 aromatic heterocycles. The van der Waals surface area contributed by atoms with Crippen molar-refractivity contribution in [2.24, 2.45) is 4.99 Å². The van der Waals surface area contributed by atoms with Gasteiger partial charge in [0.1, 0.15) is 12.3 Å². The Kier molecular flexibility index (Phi) is 3.86. The minimum atomic E-state index is -0.0522. The predicted molar refractivity (Wildman–Crippen MR) is 72.0 cm³/mol. The third kappa shape index (κ3) is 2.64. The van der Waals surface area contributed by atoms with Crippen molar-refractivity contribution in [1.82, 2.24) is 10.3 Å². The van der Waals surface area contributed by atoms with Gasteiger partial charge in [-0.25, -0.2) is 0 Å². The van der Waals surface area contributed by atoms with Gasteiger partial charge in [0, 0.05) is 23.1 Å². The first-order valence-electron chi connectivity index (χ1n) is 5.58. The maximum absolute atomic E-state index is 11.0. The Labute approximate surface area is 110 Å². The van der Waals surface area contributed by atoms with E-state index in [1.165, 1.54) is 11.8 Å². The molecule has 0 saturated carbocycles. The Hall–Kier alpha value is -1.56. The van der Waals surface area contributed by atoms with Crippen LogP contribution in [-0.4, -0.2) is 29.7 Å². The molecule has 0 saturated heterocycles. The monoisotopic (exact) mass is 265 g/mol. The van der Waals surface area contributed by atoms with Gasteiger partial charge >= 0.3 is 0 Å². The van der Waals surface area contributed by atoms with E-state index in [1.54, 1.807) is 13.3 Å². The van der Waals surface area contributed by atoms with Crippen molar-refractivity contribution in [2.45, 2.75) is 19.6 Å². The minimum absolute atomic E-state index is 0.0522. The van der Waals surface area contributed by atoms with Crippen LogP contribution in [0, 0.1) is 13.8 Å². The van der Waals surface area contributed by atoms with Crippen LogP contribution in [0.25, 0.3) is 0 Å². The predicted octanol–water partition coefficient (Wildman–Crippen LogP) is 1.43. The Morgan fingerprint density at radius 3 is 2.89 bits per heavy atom. The molecule has 1 N–H and O–H groups in total. The fourth-order valence-electron chi connectivity index (χ4n) is 1.78. The van der Waals surface area contributed by atoms with Gasteiger partial charge in [-0.05, 0) is 13.8 Å². The number of amidine groups is 1. The Morgan fingerprint density at radius 1 is 1.50 bits per heavy atom. The number of thioether (sulfide) groups is 1. The number of hydrogen-bond donors (Lipinski definition) is 1. The minimum Gasteiger partial charge on any atom is -0.496 e. The number of ether oxygens (including phenoxy) is 1. The fraction of sp³-hybridized carbons (Fsp3) is 0.417. The first kappa shape index (κ1) is 12.9. The topological polar surface area (TPSA) is 63.6 Å². The van der Waals surface area contributed by atoms with Gasteiger partial charge in [0.15, 0.2) is 5.17 Å². The summed E-state index contributed by atoms with van der Waals surface area (Å²) in [5, 5.41) is 3.37.